The van der Waals surface area contributed by atoms with Crippen molar-refractivity contribution in [1.82, 2.24) is 4.98 Å². The largest absolute Gasteiger partial charge is 0.495 e. The molecule has 0 N–H and O–H groups in total. The first-order chi connectivity index (χ1) is 6.61. The van der Waals surface area contributed by atoms with Crippen molar-refractivity contribution in [2.24, 2.45) is 0 Å². The number of pyridine rings is 1. The maximum Gasteiger partial charge on any atom is 0.268 e. The lowest BCUT2D eigenvalue weighted by Gasteiger charge is -2.08. The molecule has 0 fully saturated rings. The van der Waals surface area contributed by atoms with Crippen LogP contribution < -0.4 is 4.74 Å². The van der Waals surface area contributed by atoms with Gasteiger partial charge in [-0.2, -0.15) is 5.26 Å². The number of hydrogen-bond acceptors (Lipinski definition) is 3. The first-order valence-electron chi connectivity index (χ1n) is 3.52. The molecule has 0 atom stereocenters. The molecule has 0 unspecified atom stereocenters. The lowest BCUT2D eigenvalue weighted by atomic mass is 10.2. The van der Waals surface area contributed by atoms with Crippen molar-refractivity contribution in [3.63, 3.8) is 0 Å². The van der Waals surface area contributed by atoms with E-state index in [1.165, 1.54) is 7.11 Å². The van der Waals surface area contributed by atoms with Gasteiger partial charge in [0.1, 0.15) is 17.4 Å². The Balaban J connectivity index is 3.42. The highest BCUT2D eigenvalue weighted by molar-refractivity contribution is 6.30. The van der Waals surface area contributed by atoms with Gasteiger partial charge in [-0.1, -0.05) is 11.6 Å². The molecular formula is C8H5ClF2N2O. The highest BCUT2D eigenvalue weighted by Gasteiger charge is 2.20. The summed E-state index contributed by atoms with van der Waals surface area (Å²) >= 11 is 5.53. The highest BCUT2D eigenvalue weighted by atomic mass is 35.5. The van der Waals surface area contributed by atoms with E-state index in [2.05, 4.69) is 9.72 Å². The van der Waals surface area contributed by atoms with Crippen LogP contribution in [0.25, 0.3) is 0 Å². The molecule has 0 radical (unpaired) electrons. The van der Waals surface area contributed by atoms with E-state index in [0.29, 0.717) is 0 Å². The van der Waals surface area contributed by atoms with Crippen molar-refractivity contribution in [2.45, 2.75) is 6.43 Å². The Kier molecular flexibility index (Phi) is 3.20. The zero-order chi connectivity index (χ0) is 10.7. The van der Waals surface area contributed by atoms with E-state index in [9.17, 15) is 8.78 Å². The normalized spacial score (nSPS) is 10.0. The summed E-state index contributed by atoms with van der Waals surface area (Å²) < 4.78 is 29.5. The smallest absolute Gasteiger partial charge is 0.268 e. The van der Waals surface area contributed by atoms with E-state index < -0.39 is 12.0 Å². The van der Waals surface area contributed by atoms with Crippen LogP contribution in [0.15, 0.2) is 6.20 Å². The predicted octanol–water partition coefficient (Wildman–Crippen LogP) is 2.55. The average molecular weight is 219 g/mol. The summed E-state index contributed by atoms with van der Waals surface area (Å²) in [5.74, 6) is -0.220. The summed E-state index contributed by atoms with van der Waals surface area (Å²) in [6.45, 7) is 0. The SMILES string of the molecule is COc1c(C(F)F)cnc(Cl)c1C#N. The van der Waals surface area contributed by atoms with Crippen molar-refractivity contribution in [3.8, 4) is 11.8 Å². The van der Waals surface area contributed by atoms with Crippen LogP contribution in [0.5, 0.6) is 5.75 Å². The molecule has 0 bridgehead atoms. The summed E-state index contributed by atoms with van der Waals surface area (Å²) in [7, 11) is 1.19. The first kappa shape index (κ1) is 10.7. The Hall–Kier alpha value is -1.41. The second kappa shape index (κ2) is 4.20. The van der Waals surface area contributed by atoms with Crippen molar-refractivity contribution in [3.05, 3.63) is 22.5 Å². The highest BCUT2D eigenvalue weighted by Crippen LogP contribution is 2.33. The van der Waals surface area contributed by atoms with Gasteiger partial charge in [0.05, 0.1) is 12.7 Å². The Bertz CT molecular complexity index is 390. The fraction of sp³-hybridized carbons (Fsp3) is 0.250. The third-order valence-electron chi connectivity index (χ3n) is 1.56. The molecule has 74 valence electrons. The quantitative estimate of drug-likeness (QED) is 0.717. The maximum atomic E-state index is 12.4. The Morgan fingerprint density at radius 1 is 1.64 bits per heavy atom. The minimum Gasteiger partial charge on any atom is -0.495 e. The van der Waals surface area contributed by atoms with Gasteiger partial charge in [-0.05, 0) is 0 Å². The van der Waals surface area contributed by atoms with E-state index in [4.69, 9.17) is 16.9 Å². The van der Waals surface area contributed by atoms with Crippen molar-refractivity contribution >= 4 is 11.6 Å². The number of aromatic nitrogens is 1. The van der Waals surface area contributed by atoms with Crippen LogP contribution in [0.1, 0.15) is 17.6 Å². The molecule has 0 amide bonds. The van der Waals surface area contributed by atoms with Gasteiger partial charge in [0.15, 0.2) is 5.15 Å². The predicted molar refractivity (Wildman–Crippen MR) is 45.5 cm³/mol. The standard InChI is InChI=1S/C8H5ClF2N2O/c1-14-6-4(2-12)7(9)13-3-5(6)8(10)11/h3,8H,1H3. The topological polar surface area (TPSA) is 45.9 Å². The number of halogens is 3. The summed E-state index contributed by atoms with van der Waals surface area (Å²) in [5.41, 5.74) is -0.611. The van der Waals surface area contributed by atoms with E-state index in [-0.39, 0.29) is 16.5 Å². The van der Waals surface area contributed by atoms with Gasteiger partial charge in [0, 0.05) is 6.20 Å². The van der Waals surface area contributed by atoms with E-state index in [1.807, 2.05) is 0 Å². The first-order valence-corrected chi connectivity index (χ1v) is 3.90. The minimum atomic E-state index is -2.75. The lowest BCUT2D eigenvalue weighted by Crippen LogP contribution is -1.98. The summed E-state index contributed by atoms with van der Waals surface area (Å²) in [4.78, 5) is 3.46. The van der Waals surface area contributed by atoms with Crippen LogP contribution in [-0.4, -0.2) is 12.1 Å². The number of hydrogen-bond donors (Lipinski definition) is 0. The summed E-state index contributed by atoms with van der Waals surface area (Å²) in [6, 6.07) is 1.66. The Labute approximate surface area is 83.9 Å². The van der Waals surface area contributed by atoms with Crippen LogP contribution in [0.3, 0.4) is 0 Å². The number of methoxy groups -OCH3 is 1. The molecule has 1 aromatic heterocycles. The maximum absolute atomic E-state index is 12.4. The number of nitrogens with zero attached hydrogens (tertiary/aromatic N) is 2. The molecule has 1 heterocycles. The molecule has 6 heteroatoms. The van der Waals surface area contributed by atoms with E-state index in [0.717, 1.165) is 6.20 Å². The van der Waals surface area contributed by atoms with Gasteiger partial charge in [-0.15, -0.1) is 0 Å². The van der Waals surface area contributed by atoms with Gasteiger partial charge in [-0.25, -0.2) is 13.8 Å². The van der Waals surface area contributed by atoms with Crippen LogP contribution in [0.2, 0.25) is 5.15 Å². The zero-order valence-electron chi connectivity index (χ0n) is 7.09. The monoisotopic (exact) mass is 218 g/mol. The van der Waals surface area contributed by atoms with Gasteiger partial charge >= 0.3 is 0 Å². The molecule has 14 heavy (non-hydrogen) atoms. The van der Waals surface area contributed by atoms with Crippen molar-refractivity contribution < 1.29 is 13.5 Å². The number of alkyl halides is 2. The molecular weight excluding hydrogens is 214 g/mol. The van der Waals surface area contributed by atoms with Gasteiger partial charge < -0.3 is 4.74 Å². The second-order valence-corrected chi connectivity index (χ2v) is 2.68. The van der Waals surface area contributed by atoms with Crippen LogP contribution in [0.4, 0.5) is 8.78 Å². The van der Waals surface area contributed by atoms with Crippen molar-refractivity contribution in [2.75, 3.05) is 7.11 Å². The molecule has 1 aromatic rings. The third-order valence-corrected chi connectivity index (χ3v) is 1.85. The minimum absolute atomic E-state index is 0.145. The van der Waals surface area contributed by atoms with E-state index in [1.54, 1.807) is 6.07 Å². The zero-order valence-corrected chi connectivity index (χ0v) is 7.85. The summed E-state index contributed by atoms with van der Waals surface area (Å²) in [5, 5.41) is 8.49. The molecule has 0 aliphatic rings. The number of nitriles is 1. The summed E-state index contributed by atoms with van der Waals surface area (Å²) in [6.07, 6.45) is -1.85. The molecule has 0 saturated heterocycles. The number of rotatable bonds is 2. The number of ether oxygens (including phenoxy) is 1. The molecule has 0 spiro atoms. The molecule has 3 nitrogen and oxygen atoms in total. The molecule has 0 saturated carbocycles. The van der Waals surface area contributed by atoms with E-state index >= 15 is 0 Å². The average Bonchev–Trinajstić information content (AvgIpc) is 2.16. The molecule has 0 aromatic carbocycles. The lowest BCUT2D eigenvalue weighted by molar-refractivity contribution is 0.146. The van der Waals surface area contributed by atoms with Gasteiger partial charge in [0.2, 0.25) is 0 Å². The van der Waals surface area contributed by atoms with Gasteiger partial charge in [-0.3, -0.25) is 0 Å². The van der Waals surface area contributed by atoms with Gasteiger partial charge in [0.25, 0.3) is 6.43 Å². The Morgan fingerprint density at radius 2 is 2.29 bits per heavy atom. The Morgan fingerprint density at radius 3 is 2.71 bits per heavy atom. The second-order valence-electron chi connectivity index (χ2n) is 2.33. The van der Waals surface area contributed by atoms with Crippen molar-refractivity contribution in [1.29, 1.82) is 5.26 Å². The third kappa shape index (κ3) is 1.75. The fourth-order valence-electron chi connectivity index (χ4n) is 0.960. The molecule has 0 aliphatic carbocycles. The molecule has 1 rings (SSSR count). The molecule has 0 aliphatic heterocycles. The fourth-order valence-corrected chi connectivity index (χ4v) is 1.14. The van der Waals surface area contributed by atoms with Crippen LogP contribution in [-0.2, 0) is 0 Å². The van der Waals surface area contributed by atoms with Crippen LogP contribution >= 0.6 is 11.6 Å². The van der Waals surface area contributed by atoms with Crippen LogP contribution in [0, 0.1) is 11.3 Å².